The Morgan fingerprint density at radius 3 is 2.88 bits per heavy atom. The van der Waals surface area contributed by atoms with Crippen molar-refractivity contribution < 1.29 is 4.42 Å². The molecule has 4 heteroatoms. The molecule has 0 unspecified atom stereocenters. The molecule has 0 amide bonds. The maximum Gasteiger partial charge on any atom is 0.153 e. The van der Waals surface area contributed by atoms with E-state index in [1.165, 1.54) is 0 Å². The Bertz CT molecular complexity index is 632. The molecular formula is C12H9N3O. The number of nitrogens with two attached hydrogens (primary N) is 1. The zero-order valence-corrected chi connectivity index (χ0v) is 8.42. The Hall–Kier alpha value is -2.36. The highest BCUT2D eigenvalue weighted by molar-refractivity contribution is 5.87. The number of hydrogen-bond acceptors (Lipinski definition) is 4. The van der Waals surface area contributed by atoms with E-state index in [0.717, 1.165) is 11.0 Å². The van der Waals surface area contributed by atoms with Crippen molar-refractivity contribution in [1.29, 1.82) is 0 Å². The van der Waals surface area contributed by atoms with Gasteiger partial charge in [0.2, 0.25) is 0 Å². The van der Waals surface area contributed by atoms with E-state index in [1.54, 1.807) is 12.5 Å². The quantitative estimate of drug-likeness (QED) is 0.628. The summed E-state index contributed by atoms with van der Waals surface area (Å²) >= 11 is 0. The van der Waals surface area contributed by atoms with Gasteiger partial charge in [-0.1, -0.05) is 6.07 Å². The normalized spacial score (nSPS) is 10.8. The van der Waals surface area contributed by atoms with Crippen molar-refractivity contribution in [3.63, 3.8) is 0 Å². The minimum absolute atomic E-state index is 0.635. The van der Waals surface area contributed by atoms with Gasteiger partial charge in [0.1, 0.15) is 11.2 Å². The summed E-state index contributed by atoms with van der Waals surface area (Å²) in [5.74, 6) is 0.705. The van der Waals surface area contributed by atoms with Gasteiger partial charge in [0.25, 0.3) is 0 Å². The molecule has 0 spiro atoms. The second kappa shape index (κ2) is 3.34. The molecule has 0 radical (unpaired) electrons. The van der Waals surface area contributed by atoms with Gasteiger partial charge in [0.15, 0.2) is 5.76 Å². The summed E-state index contributed by atoms with van der Waals surface area (Å²) in [6.07, 6.45) is 3.28. The van der Waals surface area contributed by atoms with Gasteiger partial charge in [-0.25, -0.2) is 4.98 Å². The first-order valence-corrected chi connectivity index (χ1v) is 4.90. The molecule has 1 aromatic carbocycles. The average Bonchev–Trinajstić information content (AvgIpc) is 2.82. The number of nitrogen functional groups attached to an aromatic ring is 1. The lowest BCUT2D eigenvalue weighted by atomic mass is 10.2. The van der Waals surface area contributed by atoms with Crippen molar-refractivity contribution >= 4 is 16.7 Å². The van der Waals surface area contributed by atoms with E-state index < -0.39 is 0 Å². The molecule has 0 saturated carbocycles. The van der Waals surface area contributed by atoms with Gasteiger partial charge < -0.3 is 10.2 Å². The fourth-order valence-corrected chi connectivity index (χ4v) is 1.61. The Morgan fingerprint density at radius 2 is 2.06 bits per heavy atom. The molecule has 0 bridgehead atoms. The molecule has 0 atom stereocenters. The first-order chi connectivity index (χ1) is 7.84. The zero-order valence-electron chi connectivity index (χ0n) is 8.42. The van der Waals surface area contributed by atoms with Crippen LogP contribution < -0.4 is 5.73 Å². The molecule has 0 aliphatic carbocycles. The lowest BCUT2D eigenvalue weighted by molar-refractivity contribution is 0.580. The van der Waals surface area contributed by atoms with Crippen molar-refractivity contribution in [2.24, 2.45) is 0 Å². The second-order valence-electron chi connectivity index (χ2n) is 3.45. The highest BCUT2D eigenvalue weighted by Gasteiger charge is 2.05. The molecule has 16 heavy (non-hydrogen) atoms. The van der Waals surface area contributed by atoms with Gasteiger partial charge in [-0.3, -0.25) is 4.98 Å². The van der Waals surface area contributed by atoms with Gasteiger partial charge in [-0.05, 0) is 24.3 Å². The summed E-state index contributed by atoms with van der Waals surface area (Å²) in [5, 5.41) is 0. The third-order valence-corrected chi connectivity index (χ3v) is 2.38. The van der Waals surface area contributed by atoms with Crippen LogP contribution in [0.5, 0.6) is 0 Å². The third-order valence-electron chi connectivity index (χ3n) is 2.38. The third kappa shape index (κ3) is 1.32. The van der Waals surface area contributed by atoms with Crippen LogP contribution >= 0.6 is 0 Å². The first-order valence-electron chi connectivity index (χ1n) is 4.90. The van der Waals surface area contributed by atoms with E-state index in [1.807, 2.05) is 30.3 Å². The molecule has 3 aromatic rings. The van der Waals surface area contributed by atoms with Crippen molar-refractivity contribution in [2.75, 3.05) is 5.73 Å². The topological polar surface area (TPSA) is 64.9 Å². The Labute approximate surface area is 91.7 Å². The Morgan fingerprint density at radius 1 is 1.12 bits per heavy atom. The Kier molecular flexibility index (Phi) is 1.86. The Balaban J connectivity index is 2.24. The minimum atomic E-state index is 0.635. The van der Waals surface area contributed by atoms with Gasteiger partial charge in [0.05, 0.1) is 23.7 Å². The molecule has 2 heterocycles. The lowest BCUT2D eigenvalue weighted by Gasteiger charge is -2.01. The summed E-state index contributed by atoms with van der Waals surface area (Å²) < 4.78 is 5.26. The molecule has 0 aliphatic heterocycles. The summed E-state index contributed by atoms with van der Waals surface area (Å²) in [6, 6.07) is 9.22. The number of furan rings is 1. The number of aromatic nitrogens is 2. The first kappa shape index (κ1) is 8.91. The predicted molar refractivity (Wildman–Crippen MR) is 61.7 cm³/mol. The molecule has 3 rings (SSSR count). The van der Waals surface area contributed by atoms with Crippen molar-refractivity contribution in [3.05, 3.63) is 42.8 Å². The summed E-state index contributed by atoms with van der Waals surface area (Å²) in [7, 11) is 0. The number of para-hydroxylation sites is 1. The summed E-state index contributed by atoms with van der Waals surface area (Å²) in [4.78, 5) is 8.73. The van der Waals surface area contributed by atoms with E-state index >= 15 is 0 Å². The smallest absolute Gasteiger partial charge is 0.153 e. The van der Waals surface area contributed by atoms with E-state index in [0.29, 0.717) is 17.1 Å². The molecular weight excluding hydrogens is 202 g/mol. The highest BCUT2D eigenvalue weighted by Crippen LogP contribution is 2.21. The zero-order chi connectivity index (χ0) is 11.0. The highest BCUT2D eigenvalue weighted by atomic mass is 16.3. The molecule has 0 fully saturated rings. The van der Waals surface area contributed by atoms with Crippen molar-refractivity contribution in [3.8, 4) is 11.5 Å². The molecule has 0 aliphatic rings. The van der Waals surface area contributed by atoms with Crippen LogP contribution in [0.1, 0.15) is 0 Å². The van der Waals surface area contributed by atoms with Crippen LogP contribution in [0.15, 0.2) is 47.2 Å². The van der Waals surface area contributed by atoms with Crippen LogP contribution in [0.4, 0.5) is 5.69 Å². The van der Waals surface area contributed by atoms with E-state index in [-0.39, 0.29) is 0 Å². The van der Waals surface area contributed by atoms with Crippen LogP contribution in [0.2, 0.25) is 0 Å². The van der Waals surface area contributed by atoms with Crippen LogP contribution in [-0.4, -0.2) is 9.97 Å². The number of nitrogens with zero attached hydrogens (tertiary/aromatic N) is 2. The fourth-order valence-electron chi connectivity index (χ4n) is 1.61. The average molecular weight is 211 g/mol. The predicted octanol–water partition coefficient (Wildman–Crippen LogP) is 2.47. The fraction of sp³-hybridized carbons (Fsp3) is 0. The van der Waals surface area contributed by atoms with Gasteiger partial charge in [-0.2, -0.15) is 0 Å². The molecule has 2 N–H and O–H groups in total. The summed E-state index contributed by atoms with van der Waals surface area (Å²) in [5.41, 5.74) is 8.64. The number of benzene rings is 1. The van der Waals surface area contributed by atoms with E-state index in [9.17, 15) is 0 Å². The monoisotopic (exact) mass is 211 g/mol. The molecule has 78 valence electrons. The van der Waals surface area contributed by atoms with E-state index in [4.69, 9.17) is 10.2 Å². The molecule has 0 saturated heterocycles. The number of fused-ring (bicyclic) bond motifs is 1. The van der Waals surface area contributed by atoms with Crippen LogP contribution in [0, 0.1) is 0 Å². The van der Waals surface area contributed by atoms with Gasteiger partial charge >= 0.3 is 0 Å². The molecule has 2 aromatic heterocycles. The van der Waals surface area contributed by atoms with Crippen molar-refractivity contribution in [2.45, 2.75) is 0 Å². The number of anilines is 1. The van der Waals surface area contributed by atoms with Gasteiger partial charge in [0, 0.05) is 0 Å². The van der Waals surface area contributed by atoms with Crippen LogP contribution in [0.3, 0.4) is 0 Å². The van der Waals surface area contributed by atoms with Crippen LogP contribution in [-0.2, 0) is 0 Å². The summed E-state index contributed by atoms with van der Waals surface area (Å²) in [6.45, 7) is 0. The standard InChI is InChI=1S/C12H9N3O/c13-8-3-1-4-9-12(8)14-7-10(15-9)11-5-2-6-16-11/h1-7H,13H2. The van der Waals surface area contributed by atoms with Gasteiger partial charge in [-0.15, -0.1) is 0 Å². The van der Waals surface area contributed by atoms with Crippen molar-refractivity contribution in [1.82, 2.24) is 9.97 Å². The second-order valence-corrected chi connectivity index (χ2v) is 3.45. The maximum atomic E-state index is 5.80. The number of hydrogen-bond donors (Lipinski definition) is 1. The van der Waals surface area contributed by atoms with E-state index in [2.05, 4.69) is 9.97 Å². The van der Waals surface area contributed by atoms with Crippen LogP contribution in [0.25, 0.3) is 22.5 Å². The maximum absolute atomic E-state index is 5.80. The largest absolute Gasteiger partial charge is 0.463 e. The molecule has 4 nitrogen and oxygen atoms in total. The SMILES string of the molecule is Nc1cccc2nc(-c3ccco3)cnc12. The lowest BCUT2D eigenvalue weighted by Crippen LogP contribution is -1.92. The number of rotatable bonds is 1. The minimum Gasteiger partial charge on any atom is -0.463 e.